The van der Waals surface area contributed by atoms with E-state index < -0.39 is 0 Å². The molecule has 0 aliphatic carbocycles. The highest BCUT2D eigenvalue weighted by Gasteiger charge is 2.23. The summed E-state index contributed by atoms with van der Waals surface area (Å²) in [5.74, 6) is 0. The molecule has 32 heavy (non-hydrogen) atoms. The smallest absolute Gasteiger partial charge is 0.317 e. The molecule has 6 nitrogen and oxygen atoms in total. The number of rotatable bonds is 4. The zero-order chi connectivity index (χ0) is 21.9. The summed E-state index contributed by atoms with van der Waals surface area (Å²) < 4.78 is 1.99. The molecule has 1 aliphatic rings. The van der Waals surface area contributed by atoms with Crippen molar-refractivity contribution in [2.24, 2.45) is 0 Å². The third-order valence-corrected chi connectivity index (χ3v) is 6.21. The molecule has 1 N–H and O–H groups in total. The number of fused-ring (bicyclic) bond motifs is 1. The summed E-state index contributed by atoms with van der Waals surface area (Å²) >= 11 is 0. The van der Waals surface area contributed by atoms with Gasteiger partial charge < -0.3 is 19.7 Å². The predicted molar refractivity (Wildman–Crippen MR) is 128 cm³/mol. The van der Waals surface area contributed by atoms with E-state index in [1.54, 1.807) is 12.5 Å². The van der Waals surface area contributed by atoms with Crippen molar-refractivity contribution in [1.82, 2.24) is 19.8 Å². The van der Waals surface area contributed by atoms with Gasteiger partial charge in [-0.05, 0) is 47.5 Å². The minimum atomic E-state index is -0.0534. The maximum absolute atomic E-state index is 12.9. The van der Waals surface area contributed by atoms with Gasteiger partial charge in [-0.3, -0.25) is 0 Å². The van der Waals surface area contributed by atoms with Gasteiger partial charge in [0.1, 0.15) is 0 Å². The molecule has 3 aromatic carbocycles. The number of aromatic nitrogens is 2. The maximum Gasteiger partial charge on any atom is 0.317 e. The molecule has 1 atom stereocenters. The fraction of sp³-hybridized carbons (Fsp3) is 0.231. The van der Waals surface area contributed by atoms with Crippen molar-refractivity contribution < 1.29 is 4.79 Å². The van der Waals surface area contributed by atoms with Crippen LogP contribution in [0.1, 0.15) is 18.5 Å². The van der Waals surface area contributed by atoms with Crippen LogP contribution in [0, 0.1) is 0 Å². The van der Waals surface area contributed by atoms with E-state index in [1.165, 1.54) is 16.5 Å². The molecule has 1 aromatic heterocycles. The van der Waals surface area contributed by atoms with Gasteiger partial charge in [-0.1, -0.05) is 42.5 Å². The van der Waals surface area contributed by atoms with Crippen LogP contribution in [-0.2, 0) is 0 Å². The average Bonchev–Trinajstić information content (AvgIpc) is 3.39. The number of hydrogen-bond acceptors (Lipinski definition) is 3. The topological polar surface area (TPSA) is 53.4 Å². The summed E-state index contributed by atoms with van der Waals surface area (Å²) in [5, 5.41) is 5.58. The second-order valence-corrected chi connectivity index (χ2v) is 8.20. The van der Waals surface area contributed by atoms with Gasteiger partial charge in [0.05, 0.1) is 12.4 Å². The number of anilines is 1. The number of nitrogens with one attached hydrogen (secondary N) is 1. The highest BCUT2D eigenvalue weighted by molar-refractivity contribution is 5.86. The van der Waals surface area contributed by atoms with Gasteiger partial charge in [-0.15, -0.1) is 0 Å². The van der Waals surface area contributed by atoms with Crippen molar-refractivity contribution in [3.05, 3.63) is 91.0 Å². The molecule has 0 spiro atoms. The van der Waals surface area contributed by atoms with E-state index in [1.807, 2.05) is 27.8 Å². The molecule has 0 saturated carbocycles. The van der Waals surface area contributed by atoms with Crippen LogP contribution in [0.5, 0.6) is 0 Å². The molecule has 1 fully saturated rings. The first-order valence-corrected chi connectivity index (χ1v) is 11.1. The van der Waals surface area contributed by atoms with Crippen LogP contribution >= 0.6 is 0 Å². The SMILES string of the molecule is C[C@@H](NC(=O)N1CCN(c2ccc(-n3ccnc3)cc2)CC1)c1cccc2ccccc12. The number of carbonyl (C=O) groups excluding carboxylic acids is 1. The molecule has 6 heteroatoms. The lowest BCUT2D eigenvalue weighted by Crippen LogP contribution is -2.52. The summed E-state index contributed by atoms with van der Waals surface area (Å²) in [6, 6.07) is 23.0. The van der Waals surface area contributed by atoms with E-state index in [9.17, 15) is 4.79 Å². The third-order valence-electron chi connectivity index (χ3n) is 6.21. The van der Waals surface area contributed by atoms with E-state index in [-0.39, 0.29) is 12.1 Å². The van der Waals surface area contributed by atoms with Crippen LogP contribution in [0.2, 0.25) is 0 Å². The molecule has 5 rings (SSSR count). The van der Waals surface area contributed by atoms with Gasteiger partial charge in [-0.25, -0.2) is 9.78 Å². The summed E-state index contributed by atoms with van der Waals surface area (Å²) in [5.41, 5.74) is 3.41. The predicted octanol–water partition coefficient (Wildman–Crippen LogP) is 4.62. The lowest BCUT2D eigenvalue weighted by molar-refractivity contribution is 0.191. The molecular formula is C26H27N5O. The minimum Gasteiger partial charge on any atom is -0.368 e. The Morgan fingerprint density at radius 3 is 2.38 bits per heavy atom. The summed E-state index contributed by atoms with van der Waals surface area (Å²) in [6.45, 7) is 5.10. The van der Waals surface area contributed by atoms with Crippen LogP contribution in [0.4, 0.5) is 10.5 Å². The number of amides is 2. The third kappa shape index (κ3) is 4.04. The first-order valence-electron chi connectivity index (χ1n) is 11.1. The van der Waals surface area contributed by atoms with E-state index in [4.69, 9.17) is 0 Å². The quantitative estimate of drug-likeness (QED) is 0.519. The van der Waals surface area contributed by atoms with E-state index in [0.29, 0.717) is 13.1 Å². The molecule has 2 heterocycles. The second-order valence-electron chi connectivity index (χ2n) is 8.20. The number of imidazole rings is 1. The van der Waals surface area contributed by atoms with Crippen molar-refractivity contribution in [3.63, 3.8) is 0 Å². The number of piperazine rings is 1. The first-order chi connectivity index (χ1) is 15.7. The van der Waals surface area contributed by atoms with Crippen LogP contribution < -0.4 is 10.2 Å². The number of nitrogens with zero attached hydrogens (tertiary/aromatic N) is 4. The Hall–Kier alpha value is -3.80. The van der Waals surface area contributed by atoms with E-state index in [0.717, 1.165) is 24.3 Å². The minimum absolute atomic E-state index is 0.000500. The van der Waals surface area contributed by atoms with E-state index >= 15 is 0 Å². The Morgan fingerprint density at radius 2 is 1.62 bits per heavy atom. The van der Waals surface area contributed by atoms with Crippen LogP contribution in [0.15, 0.2) is 85.5 Å². The Bertz CT molecular complexity index is 1190. The van der Waals surface area contributed by atoms with Crippen LogP contribution in [0.25, 0.3) is 16.5 Å². The molecule has 162 valence electrons. The zero-order valence-electron chi connectivity index (χ0n) is 18.2. The molecule has 1 aliphatic heterocycles. The Labute approximate surface area is 188 Å². The number of carbonyl (C=O) groups is 1. The molecular weight excluding hydrogens is 398 g/mol. The fourth-order valence-corrected chi connectivity index (χ4v) is 4.40. The van der Waals surface area contributed by atoms with Gasteiger partial charge in [0.2, 0.25) is 0 Å². The van der Waals surface area contributed by atoms with Gasteiger partial charge in [-0.2, -0.15) is 0 Å². The van der Waals surface area contributed by atoms with Crippen molar-refractivity contribution in [3.8, 4) is 5.69 Å². The van der Waals surface area contributed by atoms with Crippen molar-refractivity contribution in [2.45, 2.75) is 13.0 Å². The number of hydrogen-bond donors (Lipinski definition) is 1. The fourth-order valence-electron chi connectivity index (χ4n) is 4.40. The van der Waals surface area contributed by atoms with Gasteiger partial charge in [0.25, 0.3) is 0 Å². The Balaban J connectivity index is 1.19. The molecule has 2 amide bonds. The van der Waals surface area contributed by atoms with Gasteiger partial charge in [0, 0.05) is 49.9 Å². The van der Waals surface area contributed by atoms with Crippen molar-refractivity contribution in [2.75, 3.05) is 31.1 Å². The summed E-state index contributed by atoms with van der Waals surface area (Å²) in [4.78, 5) is 21.3. The zero-order valence-corrected chi connectivity index (χ0v) is 18.2. The van der Waals surface area contributed by atoms with Gasteiger partial charge in [0.15, 0.2) is 0 Å². The normalized spacial score (nSPS) is 15.0. The second kappa shape index (κ2) is 8.75. The monoisotopic (exact) mass is 425 g/mol. The number of benzene rings is 3. The van der Waals surface area contributed by atoms with E-state index in [2.05, 4.69) is 76.7 Å². The largest absolute Gasteiger partial charge is 0.368 e. The average molecular weight is 426 g/mol. The lowest BCUT2D eigenvalue weighted by atomic mass is 10.00. The molecule has 0 bridgehead atoms. The molecule has 4 aromatic rings. The van der Waals surface area contributed by atoms with Crippen LogP contribution in [0.3, 0.4) is 0 Å². The Morgan fingerprint density at radius 1 is 0.906 bits per heavy atom. The van der Waals surface area contributed by atoms with Gasteiger partial charge >= 0.3 is 6.03 Å². The lowest BCUT2D eigenvalue weighted by Gasteiger charge is -2.36. The first kappa shape index (κ1) is 20.1. The van der Waals surface area contributed by atoms with Crippen molar-refractivity contribution in [1.29, 1.82) is 0 Å². The highest BCUT2D eigenvalue weighted by Crippen LogP contribution is 2.24. The molecule has 1 saturated heterocycles. The maximum atomic E-state index is 12.9. The van der Waals surface area contributed by atoms with Crippen LogP contribution in [-0.4, -0.2) is 46.7 Å². The Kier molecular flexibility index (Phi) is 5.50. The highest BCUT2D eigenvalue weighted by atomic mass is 16.2. The summed E-state index contributed by atoms with van der Waals surface area (Å²) in [6.07, 6.45) is 5.51. The number of urea groups is 1. The standard InChI is InChI=1S/C26H27N5O/c1-20(24-8-4-6-21-5-2-3-7-25(21)24)28-26(32)30-17-15-29(16-18-30)22-9-11-23(12-10-22)31-14-13-27-19-31/h2-14,19-20H,15-18H2,1H3,(H,28,32)/t20-/m1/s1. The van der Waals surface area contributed by atoms with Crippen molar-refractivity contribution >= 4 is 22.5 Å². The molecule has 0 radical (unpaired) electrons. The molecule has 0 unspecified atom stereocenters. The summed E-state index contributed by atoms with van der Waals surface area (Å²) in [7, 11) is 0.